The van der Waals surface area contributed by atoms with Crippen LogP contribution in [0.3, 0.4) is 0 Å². The number of amides is 1. The largest absolute Gasteiger partial charge is 0.481 e. The Labute approximate surface area is 114 Å². The summed E-state index contributed by atoms with van der Waals surface area (Å²) >= 11 is 0. The summed E-state index contributed by atoms with van der Waals surface area (Å²) < 4.78 is 0. The minimum atomic E-state index is -1.49. The first-order chi connectivity index (χ1) is 8.82. The predicted octanol–water partition coefficient (Wildman–Crippen LogP) is 1.63. The van der Waals surface area contributed by atoms with E-state index in [9.17, 15) is 14.7 Å². The van der Waals surface area contributed by atoms with Crippen LogP contribution < -0.4 is 5.32 Å². The zero-order valence-corrected chi connectivity index (χ0v) is 11.8. The van der Waals surface area contributed by atoms with Gasteiger partial charge in [0.2, 0.25) is 5.91 Å². The third kappa shape index (κ3) is 10.0. The number of aliphatic hydroxyl groups is 1. The predicted molar refractivity (Wildman–Crippen MR) is 73.7 cm³/mol. The Morgan fingerprint density at radius 1 is 1.21 bits per heavy atom. The lowest BCUT2D eigenvalue weighted by atomic mass is 10.1. The second kappa shape index (κ2) is 9.33. The number of hydrogen-bond donors (Lipinski definition) is 3. The van der Waals surface area contributed by atoms with Gasteiger partial charge in [-0.3, -0.25) is 9.59 Å². The maximum absolute atomic E-state index is 11.3. The van der Waals surface area contributed by atoms with Crippen LogP contribution >= 0.6 is 0 Å². The Morgan fingerprint density at radius 2 is 1.84 bits per heavy atom. The molecular weight excluding hydrogens is 246 g/mol. The van der Waals surface area contributed by atoms with E-state index in [1.807, 2.05) is 26.8 Å². The molecule has 1 unspecified atom stereocenters. The van der Waals surface area contributed by atoms with Gasteiger partial charge in [0.05, 0.1) is 6.42 Å². The average molecular weight is 269 g/mol. The number of rotatable bonds is 8. The highest BCUT2D eigenvalue weighted by molar-refractivity contribution is 5.84. The van der Waals surface area contributed by atoms with E-state index in [0.717, 1.165) is 18.4 Å². The standard InChI is InChI=1S/C14H23NO4/c1-10(2)5-4-6-11(3)7-8-15-14(19)12(16)9-13(17)18/h5,7,12,16H,4,6,8-9H2,1-3H3,(H,15,19)(H,17,18). The van der Waals surface area contributed by atoms with Crippen LogP contribution in [-0.2, 0) is 9.59 Å². The number of carboxylic acids is 1. The maximum Gasteiger partial charge on any atom is 0.306 e. The highest BCUT2D eigenvalue weighted by atomic mass is 16.4. The molecule has 0 bridgehead atoms. The number of aliphatic hydroxyl groups excluding tert-OH is 1. The first-order valence-electron chi connectivity index (χ1n) is 6.29. The number of carbonyl (C=O) groups excluding carboxylic acids is 1. The first-order valence-corrected chi connectivity index (χ1v) is 6.29. The Bertz CT molecular complexity index is 368. The maximum atomic E-state index is 11.3. The van der Waals surface area contributed by atoms with Crippen LogP contribution in [0.5, 0.6) is 0 Å². The molecule has 1 amide bonds. The molecule has 0 aromatic heterocycles. The normalized spacial score (nSPS) is 12.7. The van der Waals surface area contributed by atoms with E-state index in [1.165, 1.54) is 5.57 Å². The number of allylic oxidation sites excluding steroid dienone is 3. The second-order valence-electron chi connectivity index (χ2n) is 4.73. The van der Waals surface area contributed by atoms with Crippen LogP contribution in [0.4, 0.5) is 0 Å². The van der Waals surface area contributed by atoms with Crippen molar-refractivity contribution in [3.8, 4) is 0 Å². The fourth-order valence-corrected chi connectivity index (χ4v) is 1.39. The highest BCUT2D eigenvalue weighted by Gasteiger charge is 2.17. The lowest BCUT2D eigenvalue weighted by molar-refractivity contribution is -0.143. The lowest BCUT2D eigenvalue weighted by Gasteiger charge is -2.08. The van der Waals surface area contributed by atoms with Gasteiger partial charge >= 0.3 is 5.97 Å². The summed E-state index contributed by atoms with van der Waals surface area (Å²) in [6.07, 6.45) is 3.82. The van der Waals surface area contributed by atoms with E-state index in [0.29, 0.717) is 6.54 Å². The van der Waals surface area contributed by atoms with Crippen LogP contribution in [0.2, 0.25) is 0 Å². The summed E-state index contributed by atoms with van der Waals surface area (Å²) in [5, 5.41) is 20.1. The number of carboxylic acid groups (broad SMARTS) is 1. The molecule has 1 atom stereocenters. The second-order valence-corrected chi connectivity index (χ2v) is 4.73. The summed E-state index contributed by atoms with van der Waals surface area (Å²) in [5.41, 5.74) is 2.42. The van der Waals surface area contributed by atoms with Gasteiger partial charge in [0.1, 0.15) is 6.10 Å². The van der Waals surface area contributed by atoms with E-state index >= 15 is 0 Å². The van der Waals surface area contributed by atoms with Crippen LogP contribution in [0.15, 0.2) is 23.3 Å². The van der Waals surface area contributed by atoms with Gasteiger partial charge in [-0.15, -0.1) is 0 Å². The van der Waals surface area contributed by atoms with E-state index in [1.54, 1.807) is 0 Å². The van der Waals surface area contributed by atoms with Crippen molar-refractivity contribution in [3.63, 3.8) is 0 Å². The zero-order chi connectivity index (χ0) is 14.8. The van der Waals surface area contributed by atoms with Gasteiger partial charge in [0, 0.05) is 6.54 Å². The van der Waals surface area contributed by atoms with E-state index in [4.69, 9.17) is 5.11 Å². The smallest absolute Gasteiger partial charge is 0.306 e. The molecule has 3 N–H and O–H groups in total. The molecule has 0 saturated heterocycles. The number of carbonyl (C=O) groups is 2. The highest BCUT2D eigenvalue weighted by Crippen LogP contribution is 2.05. The van der Waals surface area contributed by atoms with Crippen LogP contribution in [0.1, 0.15) is 40.0 Å². The molecule has 0 aromatic carbocycles. The first kappa shape index (κ1) is 17.4. The Hall–Kier alpha value is -1.62. The topological polar surface area (TPSA) is 86.6 Å². The molecule has 0 radical (unpaired) electrons. The van der Waals surface area contributed by atoms with Gasteiger partial charge < -0.3 is 15.5 Å². The van der Waals surface area contributed by atoms with Crippen LogP contribution in [0.25, 0.3) is 0 Å². The molecule has 5 nitrogen and oxygen atoms in total. The van der Waals surface area contributed by atoms with Crippen molar-refractivity contribution in [1.82, 2.24) is 5.32 Å². The van der Waals surface area contributed by atoms with E-state index in [2.05, 4.69) is 11.4 Å². The van der Waals surface area contributed by atoms with Gasteiger partial charge in [-0.1, -0.05) is 23.3 Å². The SMILES string of the molecule is CC(C)=CCCC(C)=CCNC(=O)C(O)CC(=O)O. The average Bonchev–Trinajstić information content (AvgIpc) is 2.27. The molecule has 0 heterocycles. The summed E-state index contributed by atoms with van der Waals surface area (Å²) in [6.45, 7) is 6.36. The molecule has 0 saturated carbocycles. The number of aliphatic carboxylic acids is 1. The van der Waals surface area contributed by atoms with Crippen molar-refractivity contribution < 1.29 is 19.8 Å². The molecule has 0 fully saturated rings. The monoisotopic (exact) mass is 269 g/mol. The van der Waals surface area contributed by atoms with Gasteiger partial charge in [-0.25, -0.2) is 0 Å². The van der Waals surface area contributed by atoms with Crippen molar-refractivity contribution in [1.29, 1.82) is 0 Å². The molecule has 0 rings (SSSR count). The Morgan fingerprint density at radius 3 is 2.37 bits per heavy atom. The number of hydrogen-bond acceptors (Lipinski definition) is 3. The van der Waals surface area contributed by atoms with E-state index < -0.39 is 24.4 Å². The molecule has 108 valence electrons. The fourth-order valence-electron chi connectivity index (χ4n) is 1.39. The van der Waals surface area contributed by atoms with Crippen LogP contribution in [0, 0.1) is 0 Å². The quantitative estimate of drug-likeness (QED) is 0.584. The molecule has 0 spiro atoms. The molecule has 0 aliphatic carbocycles. The minimum Gasteiger partial charge on any atom is -0.481 e. The van der Waals surface area contributed by atoms with Crippen molar-refractivity contribution in [2.24, 2.45) is 0 Å². The molecule has 0 aliphatic heterocycles. The minimum absolute atomic E-state index is 0.302. The fraction of sp³-hybridized carbons (Fsp3) is 0.571. The lowest BCUT2D eigenvalue weighted by Crippen LogP contribution is -2.36. The molecule has 5 heteroatoms. The van der Waals surface area contributed by atoms with Gasteiger partial charge in [0.15, 0.2) is 0 Å². The summed E-state index contributed by atoms with van der Waals surface area (Å²) in [4.78, 5) is 21.6. The molecular formula is C14H23NO4. The molecule has 0 aromatic rings. The Kier molecular flexibility index (Phi) is 8.53. The Balaban J connectivity index is 3.96. The molecule has 0 aliphatic rings. The van der Waals surface area contributed by atoms with Gasteiger partial charge in [-0.2, -0.15) is 0 Å². The van der Waals surface area contributed by atoms with E-state index in [-0.39, 0.29) is 0 Å². The van der Waals surface area contributed by atoms with Crippen molar-refractivity contribution >= 4 is 11.9 Å². The summed E-state index contributed by atoms with van der Waals surface area (Å²) in [6, 6.07) is 0. The summed E-state index contributed by atoms with van der Waals surface area (Å²) in [5.74, 6) is -1.85. The van der Waals surface area contributed by atoms with Gasteiger partial charge in [-0.05, 0) is 33.6 Å². The van der Waals surface area contributed by atoms with Crippen molar-refractivity contribution in [2.45, 2.75) is 46.1 Å². The molecule has 19 heavy (non-hydrogen) atoms. The summed E-state index contributed by atoms with van der Waals surface area (Å²) in [7, 11) is 0. The van der Waals surface area contributed by atoms with Crippen LogP contribution in [-0.4, -0.2) is 34.7 Å². The third-order valence-electron chi connectivity index (χ3n) is 2.49. The van der Waals surface area contributed by atoms with Crippen molar-refractivity contribution in [3.05, 3.63) is 23.3 Å². The van der Waals surface area contributed by atoms with Gasteiger partial charge in [0.25, 0.3) is 0 Å². The zero-order valence-electron chi connectivity index (χ0n) is 11.8. The third-order valence-corrected chi connectivity index (χ3v) is 2.49. The number of nitrogens with one attached hydrogen (secondary N) is 1. The van der Waals surface area contributed by atoms with Crippen molar-refractivity contribution in [2.75, 3.05) is 6.54 Å².